The maximum atomic E-state index is 12.4. The van der Waals surface area contributed by atoms with E-state index >= 15 is 0 Å². The number of rotatable bonds is 5. The summed E-state index contributed by atoms with van der Waals surface area (Å²) in [5.74, 6) is -0.116. The van der Waals surface area contributed by atoms with Gasteiger partial charge in [0.05, 0.1) is 12.8 Å². The van der Waals surface area contributed by atoms with Crippen LogP contribution in [0.15, 0.2) is 11.6 Å². The standard InChI is InChI=1S/C25H36O6/c1-15(26)25(30)13-10-20-18-5-4-16-14-17(31-22(29)7-6-21(27)28)8-11-23(16,2)19(18)9-12-24(20,25)3/h4,17-20,30H,5-14H2,1-3H3,(H,27,28)/t17-,18?,19?,20?,23-,24-,25?/m0/s1. The molecular weight excluding hydrogens is 396 g/mol. The van der Waals surface area contributed by atoms with Crippen molar-refractivity contribution < 1.29 is 29.3 Å². The number of ketones is 1. The SMILES string of the molecule is CC(=O)C1(O)CCC2C3CC=C4C[C@@H](OC(=O)CCC(=O)O)CC[C@]4(C)C3CC[C@@]21C. The Morgan fingerprint density at radius 2 is 1.77 bits per heavy atom. The Kier molecular flexibility index (Phi) is 5.60. The number of carboxylic acid groups (broad SMARTS) is 1. The average Bonchev–Trinajstić information content (AvgIpc) is 2.99. The molecule has 0 saturated heterocycles. The number of allylic oxidation sites excluding steroid dienone is 1. The number of fused-ring (bicyclic) bond motifs is 5. The highest BCUT2D eigenvalue weighted by molar-refractivity contribution is 5.86. The van der Waals surface area contributed by atoms with Gasteiger partial charge in [0.15, 0.2) is 5.78 Å². The number of Topliss-reactive ketones (excluding diaryl/α,β-unsaturated/α-hetero) is 1. The lowest BCUT2D eigenvalue weighted by atomic mass is 9.47. The minimum atomic E-state index is -1.19. The quantitative estimate of drug-likeness (QED) is 0.502. The van der Waals surface area contributed by atoms with Gasteiger partial charge in [-0.25, -0.2) is 0 Å². The van der Waals surface area contributed by atoms with E-state index in [1.807, 2.05) is 0 Å². The number of aliphatic carboxylic acids is 1. The Labute approximate surface area is 184 Å². The summed E-state index contributed by atoms with van der Waals surface area (Å²) in [4.78, 5) is 35.0. The maximum Gasteiger partial charge on any atom is 0.306 e. The highest BCUT2D eigenvalue weighted by Crippen LogP contribution is 2.67. The third-order valence-corrected chi connectivity index (χ3v) is 9.63. The smallest absolute Gasteiger partial charge is 0.306 e. The summed E-state index contributed by atoms with van der Waals surface area (Å²) in [6, 6.07) is 0. The second kappa shape index (κ2) is 7.72. The van der Waals surface area contributed by atoms with Crippen molar-refractivity contribution in [3.8, 4) is 0 Å². The summed E-state index contributed by atoms with van der Waals surface area (Å²) < 4.78 is 5.60. The van der Waals surface area contributed by atoms with E-state index in [0.29, 0.717) is 24.2 Å². The number of hydrogen-bond acceptors (Lipinski definition) is 5. The second-order valence-corrected chi connectivity index (χ2v) is 10.9. The number of esters is 1. The summed E-state index contributed by atoms with van der Waals surface area (Å²) >= 11 is 0. The molecule has 3 saturated carbocycles. The van der Waals surface area contributed by atoms with Crippen molar-refractivity contribution in [3.63, 3.8) is 0 Å². The molecule has 0 bridgehead atoms. The van der Waals surface area contributed by atoms with Gasteiger partial charge in [0.1, 0.15) is 11.7 Å². The molecule has 6 heteroatoms. The Morgan fingerprint density at radius 3 is 2.45 bits per heavy atom. The lowest BCUT2D eigenvalue weighted by Crippen LogP contribution is -2.57. The third-order valence-electron chi connectivity index (χ3n) is 9.63. The molecule has 0 aromatic heterocycles. The van der Waals surface area contributed by atoms with Crippen LogP contribution in [0.4, 0.5) is 0 Å². The van der Waals surface area contributed by atoms with E-state index in [1.165, 1.54) is 5.57 Å². The highest BCUT2D eigenvalue weighted by Gasteiger charge is 2.65. The largest absolute Gasteiger partial charge is 0.481 e. The lowest BCUT2D eigenvalue weighted by molar-refractivity contribution is -0.161. The predicted molar refractivity (Wildman–Crippen MR) is 114 cm³/mol. The fraction of sp³-hybridized carbons (Fsp3) is 0.800. The molecule has 6 nitrogen and oxygen atoms in total. The van der Waals surface area contributed by atoms with E-state index in [-0.39, 0.29) is 35.6 Å². The summed E-state index contributed by atoms with van der Waals surface area (Å²) in [5, 5.41) is 20.0. The van der Waals surface area contributed by atoms with Gasteiger partial charge in [-0.3, -0.25) is 14.4 Å². The molecular formula is C25H36O6. The van der Waals surface area contributed by atoms with E-state index in [9.17, 15) is 19.5 Å². The zero-order valence-electron chi connectivity index (χ0n) is 19.0. The van der Waals surface area contributed by atoms with Crippen LogP contribution < -0.4 is 0 Å². The van der Waals surface area contributed by atoms with Crippen LogP contribution in [-0.4, -0.2) is 39.6 Å². The Balaban J connectivity index is 1.49. The van der Waals surface area contributed by atoms with Gasteiger partial charge in [0.2, 0.25) is 0 Å². The number of aliphatic hydroxyl groups is 1. The highest BCUT2D eigenvalue weighted by atomic mass is 16.5. The molecule has 0 heterocycles. The number of carbonyl (C=O) groups excluding carboxylic acids is 2. The van der Waals surface area contributed by atoms with E-state index in [1.54, 1.807) is 6.92 Å². The Bertz CT molecular complexity index is 817. The van der Waals surface area contributed by atoms with Gasteiger partial charge in [0, 0.05) is 11.8 Å². The van der Waals surface area contributed by atoms with Crippen molar-refractivity contribution in [1.82, 2.24) is 0 Å². The van der Waals surface area contributed by atoms with E-state index in [4.69, 9.17) is 9.84 Å². The molecule has 0 aromatic carbocycles. The zero-order chi connectivity index (χ0) is 22.6. The molecule has 2 N–H and O–H groups in total. The molecule has 0 aromatic rings. The first-order chi connectivity index (χ1) is 14.5. The fourth-order valence-corrected chi connectivity index (χ4v) is 7.78. The minimum Gasteiger partial charge on any atom is -0.481 e. The molecule has 4 aliphatic rings. The van der Waals surface area contributed by atoms with Crippen LogP contribution in [-0.2, 0) is 19.1 Å². The van der Waals surface area contributed by atoms with Crippen molar-refractivity contribution in [3.05, 3.63) is 11.6 Å². The van der Waals surface area contributed by atoms with Gasteiger partial charge in [-0.15, -0.1) is 0 Å². The first-order valence-corrected chi connectivity index (χ1v) is 11.9. The Morgan fingerprint density at radius 1 is 1.06 bits per heavy atom. The first kappa shape index (κ1) is 22.5. The normalized spacial score (nSPS) is 43.8. The van der Waals surface area contributed by atoms with Crippen LogP contribution in [0.2, 0.25) is 0 Å². The number of ether oxygens (including phenoxy) is 1. The monoisotopic (exact) mass is 432 g/mol. The first-order valence-electron chi connectivity index (χ1n) is 11.9. The predicted octanol–water partition coefficient (Wildman–Crippen LogP) is 4.05. The number of carbonyl (C=O) groups is 3. The van der Waals surface area contributed by atoms with Crippen molar-refractivity contribution in [2.45, 2.75) is 96.7 Å². The van der Waals surface area contributed by atoms with Crippen molar-refractivity contribution in [2.75, 3.05) is 0 Å². The summed E-state index contributed by atoms with van der Waals surface area (Å²) in [7, 11) is 0. The van der Waals surface area contributed by atoms with Crippen LogP contribution in [0.3, 0.4) is 0 Å². The summed E-state index contributed by atoms with van der Waals surface area (Å²) in [6.07, 6.45) is 8.75. The topological polar surface area (TPSA) is 101 Å². The molecule has 0 amide bonds. The molecule has 0 radical (unpaired) electrons. The van der Waals surface area contributed by atoms with Crippen LogP contribution in [0.5, 0.6) is 0 Å². The summed E-state index contributed by atoms with van der Waals surface area (Å²) in [5.41, 5.74) is -0.0709. The van der Waals surface area contributed by atoms with E-state index in [2.05, 4.69) is 19.9 Å². The zero-order valence-corrected chi connectivity index (χ0v) is 19.0. The molecule has 31 heavy (non-hydrogen) atoms. The summed E-state index contributed by atoms with van der Waals surface area (Å²) in [6.45, 7) is 6.03. The van der Waals surface area contributed by atoms with Crippen molar-refractivity contribution in [1.29, 1.82) is 0 Å². The second-order valence-electron chi connectivity index (χ2n) is 10.9. The third kappa shape index (κ3) is 3.46. The fourth-order valence-electron chi connectivity index (χ4n) is 7.78. The van der Waals surface area contributed by atoms with Gasteiger partial charge >= 0.3 is 11.9 Å². The molecule has 0 spiro atoms. The van der Waals surface area contributed by atoms with E-state index < -0.39 is 17.5 Å². The molecule has 7 atom stereocenters. The molecule has 4 aliphatic carbocycles. The van der Waals surface area contributed by atoms with Gasteiger partial charge in [0.25, 0.3) is 0 Å². The van der Waals surface area contributed by atoms with Crippen LogP contribution in [0.1, 0.15) is 85.0 Å². The molecule has 0 aliphatic heterocycles. The molecule has 172 valence electrons. The van der Waals surface area contributed by atoms with Gasteiger partial charge < -0.3 is 14.9 Å². The van der Waals surface area contributed by atoms with E-state index in [0.717, 1.165) is 44.9 Å². The number of hydrogen-bond donors (Lipinski definition) is 2. The van der Waals surface area contributed by atoms with Gasteiger partial charge in [-0.2, -0.15) is 0 Å². The van der Waals surface area contributed by atoms with Crippen LogP contribution >= 0.6 is 0 Å². The average molecular weight is 433 g/mol. The van der Waals surface area contributed by atoms with Crippen molar-refractivity contribution >= 4 is 17.7 Å². The Hall–Kier alpha value is -1.69. The maximum absolute atomic E-state index is 12.4. The molecule has 3 fully saturated rings. The molecule has 4 unspecified atom stereocenters. The number of carboxylic acids is 1. The van der Waals surface area contributed by atoms with Crippen LogP contribution in [0.25, 0.3) is 0 Å². The lowest BCUT2D eigenvalue weighted by Gasteiger charge is -2.58. The van der Waals surface area contributed by atoms with Gasteiger partial charge in [-0.1, -0.05) is 25.5 Å². The van der Waals surface area contributed by atoms with Gasteiger partial charge in [-0.05, 0) is 75.0 Å². The minimum absolute atomic E-state index is 0.0746. The van der Waals surface area contributed by atoms with Crippen LogP contribution in [0, 0.1) is 28.6 Å². The van der Waals surface area contributed by atoms with Crippen molar-refractivity contribution in [2.24, 2.45) is 28.6 Å². The molecule has 4 rings (SSSR count).